The Balaban J connectivity index is 2.04. The van der Waals surface area contributed by atoms with Crippen LogP contribution >= 0.6 is 0 Å². The van der Waals surface area contributed by atoms with Crippen LogP contribution in [-0.4, -0.2) is 43.0 Å². The van der Waals surface area contributed by atoms with Crippen molar-refractivity contribution >= 4 is 11.8 Å². The molecule has 1 N–H and O–H groups in total. The number of hydrogen-bond acceptors (Lipinski definition) is 3. The Morgan fingerprint density at radius 1 is 1.07 bits per heavy atom. The fourth-order valence-electron chi connectivity index (χ4n) is 2.81. The van der Waals surface area contributed by atoms with E-state index in [1.54, 1.807) is 18.9 Å². The summed E-state index contributed by atoms with van der Waals surface area (Å²) >= 11 is 0. The second-order valence-corrected chi connectivity index (χ2v) is 6.65. The summed E-state index contributed by atoms with van der Waals surface area (Å²) in [4.78, 5) is 26.4. The summed E-state index contributed by atoms with van der Waals surface area (Å²) in [7, 11) is 1.57. The number of aryl methyl sites for hydroxylation is 2. The SMILES string of the molecule is CNC(=O)C(C)N(CCc1ccccc1)C(=O)COc1ccc(C)c(C)c1. The van der Waals surface area contributed by atoms with Crippen LogP contribution in [0.1, 0.15) is 23.6 Å². The third-order valence-electron chi connectivity index (χ3n) is 4.74. The van der Waals surface area contributed by atoms with E-state index < -0.39 is 6.04 Å². The predicted octanol–water partition coefficient (Wildman–Crippen LogP) is 2.89. The smallest absolute Gasteiger partial charge is 0.261 e. The van der Waals surface area contributed by atoms with Gasteiger partial charge >= 0.3 is 0 Å². The normalized spacial score (nSPS) is 11.6. The quantitative estimate of drug-likeness (QED) is 0.779. The molecular weight excluding hydrogens is 340 g/mol. The zero-order valence-electron chi connectivity index (χ0n) is 16.5. The highest BCUT2D eigenvalue weighted by Gasteiger charge is 2.25. The summed E-state index contributed by atoms with van der Waals surface area (Å²) in [6, 6.07) is 15.1. The van der Waals surface area contributed by atoms with Gasteiger partial charge in [0.1, 0.15) is 11.8 Å². The number of carbonyl (C=O) groups excluding carboxylic acids is 2. The number of likely N-dealkylation sites (N-methyl/N-ethyl adjacent to an activating group) is 1. The predicted molar refractivity (Wildman–Crippen MR) is 107 cm³/mol. The average Bonchev–Trinajstić information content (AvgIpc) is 2.69. The largest absolute Gasteiger partial charge is 0.484 e. The van der Waals surface area contributed by atoms with Gasteiger partial charge in [-0.1, -0.05) is 36.4 Å². The van der Waals surface area contributed by atoms with Crippen molar-refractivity contribution in [3.05, 3.63) is 65.2 Å². The molecule has 0 aliphatic heterocycles. The van der Waals surface area contributed by atoms with Crippen molar-refractivity contribution in [1.82, 2.24) is 10.2 Å². The molecule has 0 heterocycles. The van der Waals surface area contributed by atoms with Crippen molar-refractivity contribution < 1.29 is 14.3 Å². The lowest BCUT2D eigenvalue weighted by Crippen LogP contribution is -2.49. The molecule has 2 amide bonds. The summed E-state index contributed by atoms with van der Waals surface area (Å²) in [5, 5.41) is 2.61. The van der Waals surface area contributed by atoms with Gasteiger partial charge in [-0.05, 0) is 56.0 Å². The minimum absolute atomic E-state index is 0.0986. The van der Waals surface area contributed by atoms with Gasteiger partial charge in [0, 0.05) is 13.6 Å². The highest BCUT2D eigenvalue weighted by molar-refractivity contribution is 5.87. The number of hydrogen-bond donors (Lipinski definition) is 1. The van der Waals surface area contributed by atoms with Crippen LogP contribution in [0.25, 0.3) is 0 Å². The van der Waals surface area contributed by atoms with Crippen LogP contribution < -0.4 is 10.1 Å². The number of nitrogens with one attached hydrogen (secondary N) is 1. The van der Waals surface area contributed by atoms with Gasteiger partial charge in [-0.25, -0.2) is 0 Å². The molecule has 0 saturated heterocycles. The van der Waals surface area contributed by atoms with Crippen LogP contribution in [0.2, 0.25) is 0 Å². The zero-order valence-corrected chi connectivity index (χ0v) is 16.5. The molecule has 0 aliphatic carbocycles. The first-order valence-corrected chi connectivity index (χ1v) is 9.17. The lowest BCUT2D eigenvalue weighted by Gasteiger charge is -2.28. The van der Waals surface area contributed by atoms with Crippen LogP contribution in [0, 0.1) is 13.8 Å². The number of rotatable bonds is 8. The third-order valence-corrected chi connectivity index (χ3v) is 4.74. The van der Waals surface area contributed by atoms with Crippen LogP contribution in [0.15, 0.2) is 48.5 Å². The second-order valence-electron chi connectivity index (χ2n) is 6.65. The maximum atomic E-state index is 12.8. The van der Waals surface area contributed by atoms with Gasteiger partial charge in [0.05, 0.1) is 0 Å². The van der Waals surface area contributed by atoms with E-state index in [0.717, 1.165) is 11.1 Å². The highest BCUT2D eigenvalue weighted by atomic mass is 16.5. The summed E-state index contributed by atoms with van der Waals surface area (Å²) in [5.41, 5.74) is 3.40. The Hall–Kier alpha value is -2.82. The molecule has 144 valence electrons. The summed E-state index contributed by atoms with van der Waals surface area (Å²) in [5.74, 6) is 0.255. The van der Waals surface area contributed by atoms with Gasteiger partial charge in [-0.15, -0.1) is 0 Å². The molecule has 0 aliphatic rings. The standard InChI is InChI=1S/C22H28N2O3/c1-16-10-11-20(14-17(16)2)27-15-21(25)24(18(3)22(26)23-4)13-12-19-8-6-5-7-9-19/h5-11,14,18H,12-13,15H2,1-4H3,(H,23,26). The molecule has 5 nitrogen and oxygen atoms in total. The van der Waals surface area contributed by atoms with Gasteiger partial charge in [-0.2, -0.15) is 0 Å². The molecular formula is C22H28N2O3. The molecule has 0 spiro atoms. The maximum absolute atomic E-state index is 12.8. The van der Waals surface area contributed by atoms with E-state index in [2.05, 4.69) is 5.32 Å². The topological polar surface area (TPSA) is 58.6 Å². The number of carbonyl (C=O) groups is 2. The first-order valence-electron chi connectivity index (χ1n) is 9.17. The van der Waals surface area contributed by atoms with E-state index in [1.165, 1.54) is 5.56 Å². The first kappa shape index (κ1) is 20.5. The molecule has 27 heavy (non-hydrogen) atoms. The fourth-order valence-corrected chi connectivity index (χ4v) is 2.81. The maximum Gasteiger partial charge on any atom is 0.261 e. The number of benzene rings is 2. The average molecular weight is 368 g/mol. The van der Waals surface area contributed by atoms with Crippen LogP contribution in [0.3, 0.4) is 0 Å². The molecule has 0 bridgehead atoms. The molecule has 2 aromatic carbocycles. The zero-order chi connectivity index (χ0) is 19.8. The van der Waals surface area contributed by atoms with Gasteiger partial charge in [0.15, 0.2) is 6.61 Å². The van der Waals surface area contributed by atoms with E-state index >= 15 is 0 Å². The van der Waals surface area contributed by atoms with E-state index in [9.17, 15) is 9.59 Å². The van der Waals surface area contributed by atoms with Crippen molar-refractivity contribution in [1.29, 1.82) is 0 Å². The lowest BCUT2D eigenvalue weighted by molar-refractivity contribution is -0.141. The summed E-state index contributed by atoms with van der Waals surface area (Å²) in [6.45, 7) is 6.12. The van der Waals surface area contributed by atoms with Crippen molar-refractivity contribution in [3.63, 3.8) is 0 Å². The molecule has 1 unspecified atom stereocenters. The van der Waals surface area contributed by atoms with Crippen molar-refractivity contribution in [2.45, 2.75) is 33.2 Å². The van der Waals surface area contributed by atoms with E-state index in [1.807, 2.05) is 62.4 Å². The van der Waals surface area contributed by atoms with E-state index in [4.69, 9.17) is 4.74 Å². The third kappa shape index (κ3) is 5.84. The van der Waals surface area contributed by atoms with Crippen LogP contribution in [0.4, 0.5) is 0 Å². The monoisotopic (exact) mass is 368 g/mol. The van der Waals surface area contributed by atoms with Crippen molar-refractivity contribution in [2.75, 3.05) is 20.2 Å². The molecule has 0 saturated carbocycles. The lowest BCUT2D eigenvalue weighted by atomic mass is 10.1. The molecule has 0 radical (unpaired) electrons. The second kappa shape index (κ2) is 9.76. The summed E-state index contributed by atoms with van der Waals surface area (Å²) < 4.78 is 5.68. The minimum Gasteiger partial charge on any atom is -0.484 e. The molecule has 2 rings (SSSR count). The van der Waals surface area contributed by atoms with Gasteiger partial charge in [0.25, 0.3) is 5.91 Å². The molecule has 2 aromatic rings. The van der Waals surface area contributed by atoms with Crippen molar-refractivity contribution in [2.24, 2.45) is 0 Å². The molecule has 0 aromatic heterocycles. The van der Waals surface area contributed by atoms with Gasteiger partial charge in [0.2, 0.25) is 5.91 Å². The molecule has 5 heteroatoms. The Morgan fingerprint density at radius 2 is 1.78 bits per heavy atom. The first-order chi connectivity index (χ1) is 12.9. The number of amides is 2. The fraction of sp³-hybridized carbons (Fsp3) is 0.364. The number of ether oxygens (including phenoxy) is 1. The van der Waals surface area contributed by atoms with Gasteiger partial charge < -0.3 is 15.0 Å². The van der Waals surface area contributed by atoms with E-state index in [0.29, 0.717) is 18.7 Å². The number of nitrogens with zero attached hydrogens (tertiary/aromatic N) is 1. The van der Waals surface area contributed by atoms with Crippen LogP contribution in [0.5, 0.6) is 5.75 Å². The highest BCUT2D eigenvalue weighted by Crippen LogP contribution is 2.16. The van der Waals surface area contributed by atoms with Crippen molar-refractivity contribution in [3.8, 4) is 5.75 Å². The van der Waals surface area contributed by atoms with Crippen LogP contribution in [-0.2, 0) is 16.0 Å². The minimum atomic E-state index is -0.561. The Labute approximate surface area is 161 Å². The Kier molecular flexibility index (Phi) is 7.41. The Morgan fingerprint density at radius 3 is 2.41 bits per heavy atom. The molecule has 1 atom stereocenters. The molecule has 0 fully saturated rings. The summed E-state index contributed by atoms with van der Waals surface area (Å²) in [6.07, 6.45) is 0.678. The van der Waals surface area contributed by atoms with E-state index in [-0.39, 0.29) is 18.4 Å². The van der Waals surface area contributed by atoms with Gasteiger partial charge in [-0.3, -0.25) is 9.59 Å². The Bertz CT molecular complexity index is 774.